The molecule has 2 aromatic rings. The van der Waals surface area contributed by atoms with Crippen LogP contribution in [0.1, 0.15) is 45.1 Å². The summed E-state index contributed by atoms with van der Waals surface area (Å²) in [6.45, 7) is 4.78. The lowest BCUT2D eigenvalue weighted by atomic mass is 9.70. The Balaban J connectivity index is 1.70. The number of aromatic nitrogens is 1. The number of benzene rings is 1. The van der Waals surface area contributed by atoms with E-state index in [0.29, 0.717) is 12.6 Å². The summed E-state index contributed by atoms with van der Waals surface area (Å²) in [4.78, 5) is 28.4. The first kappa shape index (κ1) is 19.9. The first-order valence-corrected chi connectivity index (χ1v) is 10.6. The zero-order chi connectivity index (χ0) is 20.8. The molecule has 1 N–H and O–H groups in total. The highest BCUT2D eigenvalue weighted by atomic mass is 16.2. The summed E-state index contributed by atoms with van der Waals surface area (Å²) in [6.07, 6.45) is 5.95. The largest absolute Gasteiger partial charge is 0.359 e. The molecule has 5 nitrogen and oxygen atoms in total. The smallest absolute Gasteiger partial charge is 0.255 e. The number of nitrogens with zero attached hydrogens (tertiary/aromatic N) is 2. The Kier molecular flexibility index (Phi) is 5.11. The highest BCUT2D eigenvalue weighted by Crippen LogP contribution is 2.52. The molecular weight excluding hydrogens is 362 g/mol. The Labute approximate surface area is 172 Å². The van der Waals surface area contributed by atoms with Gasteiger partial charge in [-0.1, -0.05) is 29.8 Å². The molecule has 154 valence electrons. The van der Waals surface area contributed by atoms with E-state index in [9.17, 15) is 9.59 Å². The molecule has 5 heteroatoms. The highest BCUT2D eigenvalue weighted by Gasteiger charge is 2.58. The number of hydrogen-bond acceptors (Lipinski definition) is 3. The average molecular weight is 394 g/mol. The molecule has 1 aromatic carbocycles. The van der Waals surface area contributed by atoms with Crippen molar-refractivity contribution in [3.05, 3.63) is 57.9 Å². The van der Waals surface area contributed by atoms with E-state index in [4.69, 9.17) is 0 Å². The molecule has 3 atom stereocenters. The summed E-state index contributed by atoms with van der Waals surface area (Å²) >= 11 is 0. The fourth-order valence-corrected chi connectivity index (χ4v) is 5.54. The molecule has 0 radical (unpaired) electrons. The monoisotopic (exact) mass is 393 g/mol. The van der Waals surface area contributed by atoms with E-state index in [0.717, 1.165) is 42.1 Å². The first-order valence-electron chi connectivity index (χ1n) is 10.6. The molecule has 2 aliphatic rings. The Hall–Kier alpha value is -2.40. The molecule has 2 bridgehead atoms. The van der Waals surface area contributed by atoms with Gasteiger partial charge < -0.3 is 9.88 Å². The van der Waals surface area contributed by atoms with E-state index < -0.39 is 5.41 Å². The fraction of sp³-hybridized carbons (Fsp3) is 0.500. The summed E-state index contributed by atoms with van der Waals surface area (Å²) in [5.41, 5.74) is 2.68. The SMILES string of the molecule is CNC(=O)[C@@]1(CC=C(C)C)C[C@H]2CC[C@@H]1N2Cc1cc2ccccc2n(C)c1=O. The molecule has 2 saturated heterocycles. The van der Waals surface area contributed by atoms with Crippen LogP contribution in [-0.2, 0) is 18.4 Å². The summed E-state index contributed by atoms with van der Waals surface area (Å²) < 4.78 is 1.75. The van der Waals surface area contributed by atoms with Gasteiger partial charge in [-0.05, 0) is 57.0 Å². The molecule has 2 aliphatic heterocycles. The van der Waals surface area contributed by atoms with Crippen LogP contribution in [0.2, 0.25) is 0 Å². The summed E-state index contributed by atoms with van der Waals surface area (Å²) in [7, 11) is 3.58. The Morgan fingerprint density at radius 3 is 2.76 bits per heavy atom. The van der Waals surface area contributed by atoms with Crippen molar-refractivity contribution in [1.82, 2.24) is 14.8 Å². The molecular formula is C24H31N3O2. The van der Waals surface area contributed by atoms with Gasteiger partial charge in [-0.25, -0.2) is 0 Å². The van der Waals surface area contributed by atoms with Gasteiger partial charge in [-0.15, -0.1) is 0 Å². The normalized spacial score (nSPS) is 26.1. The summed E-state index contributed by atoms with van der Waals surface area (Å²) in [5, 5.41) is 4.01. The Morgan fingerprint density at radius 1 is 1.28 bits per heavy atom. The zero-order valence-electron chi connectivity index (χ0n) is 17.9. The average Bonchev–Trinajstić information content (AvgIpc) is 3.24. The van der Waals surface area contributed by atoms with Gasteiger partial charge in [-0.2, -0.15) is 0 Å². The van der Waals surface area contributed by atoms with Crippen LogP contribution in [0, 0.1) is 5.41 Å². The third-order valence-electron chi connectivity index (χ3n) is 6.99. The first-order chi connectivity index (χ1) is 13.9. The van der Waals surface area contributed by atoms with Crippen molar-refractivity contribution in [2.45, 2.75) is 58.2 Å². The second-order valence-electron chi connectivity index (χ2n) is 8.94. The predicted molar refractivity (Wildman–Crippen MR) is 117 cm³/mol. The van der Waals surface area contributed by atoms with Crippen molar-refractivity contribution in [3.63, 3.8) is 0 Å². The van der Waals surface area contributed by atoms with Crippen LogP contribution in [0.4, 0.5) is 0 Å². The van der Waals surface area contributed by atoms with Crippen molar-refractivity contribution in [1.29, 1.82) is 0 Å². The second-order valence-corrected chi connectivity index (χ2v) is 8.94. The molecule has 0 saturated carbocycles. The van der Waals surface area contributed by atoms with Crippen molar-refractivity contribution in [2.24, 2.45) is 12.5 Å². The quantitative estimate of drug-likeness (QED) is 0.793. The minimum Gasteiger partial charge on any atom is -0.359 e. The Morgan fingerprint density at radius 2 is 2.03 bits per heavy atom. The number of fused-ring (bicyclic) bond motifs is 3. The van der Waals surface area contributed by atoms with E-state index in [1.165, 1.54) is 5.57 Å². The van der Waals surface area contributed by atoms with Crippen LogP contribution in [-0.4, -0.2) is 34.5 Å². The molecule has 3 heterocycles. The number of allylic oxidation sites excluding steroid dienone is 2. The molecule has 2 fully saturated rings. The number of hydrogen-bond donors (Lipinski definition) is 1. The van der Waals surface area contributed by atoms with Gasteiger partial charge in [0.2, 0.25) is 5.91 Å². The fourth-order valence-electron chi connectivity index (χ4n) is 5.54. The molecule has 4 rings (SSSR count). The maximum absolute atomic E-state index is 13.0. The number of pyridine rings is 1. The van der Waals surface area contributed by atoms with Crippen molar-refractivity contribution < 1.29 is 4.79 Å². The van der Waals surface area contributed by atoms with Crippen molar-refractivity contribution in [3.8, 4) is 0 Å². The highest BCUT2D eigenvalue weighted by molar-refractivity contribution is 5.84. The minimum absolute atomic E-state index is 0.0600. The number of para-hydroxylation sites is 1. The zero-order valence-corrected chi connectivity index (χ0v) is 17.9. The van der Waals surface area contributed by atoms with E-state index in [1.54, 1.807) is 11.6 Å². The van der Waals surface area contributed by atoms with Crippen LogP contribution in [0.5, 0.6) is 0 Å². The molecule has 1 aromatic heterocycles. The van der Waals surface area contributed by atoms with Crippen LogP contribution >= 0.6 is 0 Å². The molecule has 0 aliphatic carbocycles. The number of rotatable bonds is 5. The van der Waals surface area contributed by atoms with Gasteiger partial charge in [0.1, 0.15) is 0 Å². The number of carbonyl (C=O) groups is 1. The lowest BCUT2D eigenvalue weighted by molar-refractivity contribution is -0.132. The topological polar surface area (TPSA) is 54.3 Å². The van der Waals surface area contributed by atoms with Crippen LogP contribution in [0.3, 0.4) is 0 Å². The third kappa shape index (κ3) is 3.21. The maximum atomic E-state index is 13.0. The number of amides is 1. The standard InChI is InChI=1S/C24H31N3O2/c1-16(2)11-12-24(23(29)25-3)14-19-9-10-21(24)27(19)15-18-13-17-7-5-6-8-20(17)26(4)22(18)28/h5-8,11,13,19,21H,9-10,12,14-15H2,1-4H3,(H,25,29)/t19-,21+,24+/m1/s1. The van der Waals surface area contributed by atoms with Gasteiger partial charge in [-0.3, -0.25) is 14.5 Å². The lowest BCUT2D eigenvalue weighted by Crippen LogP contribution is -2.48. The lowest BCUT2D eigenvalue weighted by Gasteiger charge is -2.35. The number of aryl methyl sites for hydroxylation is 1. The van der Waals surface area contributed by atoms with Crippen LogP contribution in [0.25, 0.3) is 10.9 Å². The van der Waals surface area contributed by atoms with Crippen LogP contribution < -0.4 is 10.9 Å². The number of nitrogens with one attached hydrogen (secondary N) is 1. The third-order valence-corrected chi connectivity index (χ3v) is 6.99. The van der Waals surface area contributed by atoms with Gasteiger partial charge in [0.25, 0.3) is 5.56 Å². The second kappa shape index (κ2) is 7.45. The maximum Gasteiger partial charge on any atom is 0.255 e. The summed E-state index contributed by atoms with van der Waals surface area (Å²) in [5.74, 6) is 0.138. The van der Waals surface area contributed by atoms with Gasteiger partial charge in [0.05, 0.1) is 10.9 Å². The van der Waals surface area contributed by atoms with Gasteiger partial charge >= 0.3 is 0 Å². The van der Waals surface area contributed by atoms with Gasteiger partial charge in [0, 0.05) is 38.3 Å². The van der Waals surface area contributed by atoms with Crippen molar-refractivity contribution in [2.75, 3.05) is 7.05 Å². The van der Waals surface area contributed by atoms with E-state index in [2.05, 4.69) is 36.2 Å². The van der Waals surface area contributed by atoms with E-state index >= 15 is 0 Å². The minimum atomic E-state index is -0.392. The van der Waals surface area contributed by atoms with E-state index in [-0.39, 0.29) is 17.5 Å². The van der Waals surface area contributed by atoms with Crippen molar-refractivity contribution >= 4 is 16.8 Å². The Bertz CT molecular complexity index is 1030. The predicted octanol–water partition coefficient (Wildman–Crippen LogP) is 3.36. The molecule has 29 heavy (non-hydrogen) atoms. The van der Waals surface area contributed by atoms with E-state index in [1.807, 2.05) is 31.3 Å². The van der Waals surface area contributed by atoms with Crippen LogP contribution in [0.15, 0.2) is 46.8 Å². The molecule has 0 unspecified atom stereocenters. The number of carbonyl (C=O) groups excluding carboxylic acids is 1. The van der Waals surface area contributed by atoms with Gasteiger partial charge in [0.15, 0.2) is 0 Å². The molecule has 1 amide bonds. The molecule has 0 spiro atoms. The summed E-state index contributed by atoms with van der Waals surface area (Å²) in [6, 6.07) is 10.6.